The van der Waals surface area contributed by atoms with Gasteiger partial charge in [0.05, 0.1) is 32.2 Å². The van der Waals surface area contributed by atoms with Gasteiger partial charge in [0, 0.05) is 0 Å². The first-order chi connectivity index (χ1) is 9.54. The SMILES string of the molecule is CCCNCc1ccc(-c2c(Cl)cc(Cl)c(Cl)c2Cl)o1. The summed E-state index contributed by atoms with van der Waals surface area (Å²) in [6, 6.07) is 5.26. The van der Waals surface area contributed by atoms with E-state index in [1.807, 2.05) is 12.1 Å². The average molecular weight is 353 g/mol. The summed E-state index contributed by atoms with van der Waals surface area (Å²) < 4.78 is 5.74. The summed E-state index contributed by atoms with van der Waals surface area (Å²) in [6.45, 7) is 3.70. The van der Waals surface area contributed by atoms with Gasteiger partial charge in [-0.1, -0.05) is 53.3 Å². The summed E-state index contributed by atoms with van der Waals surface area (Å²) in [6.07, 6.45) is 1.07. The molecular formula is C14H13Cl4NO. The monoisotopic (exact) mass is 351 g/mol. The van der Waals surface area contributed by atoms with E-state index >= 15 is 0 Å². The second kappa shape index (κ2) is 7.06. The fourth-order valence-electron chi connectivity index (χ4n) is 1.79. The Kier molecular flexibility index (Phi) is 5.65. The summed E-state index contributed by atoms with van der Waals surface area (Å²) in [5.74, 6) is 1.39. The van der Waals surface area contributed by atoms with Crippen LogP contribution in [0, 0.1) is 0 Å². The van der Waals surface area contributed by atoms with Crippen LogP contribution in [-0.2, 0) is 6.54 Å². The predicted molar refractivity (Wildman–Crippen MR) is 86.2 cm³/mol. The van der Waals surface area contributed by atoms with Crippen LogP contribution in [-0.4, -0.2) is 6.54 Å². The largest absolute Gasteiger partial charge is 0.460 e. The van der Waals surface area contributed by atoms with E-state index < -0.39 is 0 Å². The van der Waals surface area contributed by atoms with E-state index in [-0.39, 0.29) is 5.02 Å². The first-order valence-electron chi connectivity index (χ1n) is 6.17. The smallest absolute Gasteiger partial charge is 0.137 e. The molecule has 0 spiro atoms. The molecule has 0 radical (unpaired) electrons. The molecule has 1 aromatic carbocycles. The fraction of sp³-hybridized carbons (Fsp3) is 0.286. The molecule has 2 aromatic rings. The van der Waals surface area contributed by atoms with Gasteiger partial charge in [0.25, 0.3) is 0 Å². The first-order valence-corrected chi connectivity index (χ1v) is 7.68. The van der Waals surface area contributed by atoms with Gasteiger partial charge in [0.2, 0.25) is 0 Å². The lowest BCUT2D eigenvalue weighted by Gasteiger charge is -2.07. The van der Waals surface area contributed by atoms with Gasteiger partial charge in [-0.25, -0.2) is 0 Å². The molecule has 0 saturated heterocycles. The predicted octanol–water partition coefficient (Wildman–Crippen LogP) is 6.06. The number of hydrogen-bond donors (Lipinski definition) is 1. The van der Waals surface area contributed by atoms with Crippen molar-refractivity contribution < 1.29 is 4.42 Å². The third-order valence-electron chi connectivity index (χ3n) is 2.75. The Bertz CT molecular complexity index is 609. The number of hydrogen-bond acceptors (Lipinski definition) is 2. The number of benzene rings is 1. The third-order valence-corrected chi connectivity index (χ3v) is 4.31. The molecule has 1 aromatic heterocycles. The number of nitrogens with one attached hydrogen (secondary N) is 1. The Morgan fingerprint density at radius 2 is 1.80 bits per heavy atom. The van der Waals surface area contributed by atoms with Crippen molar-refractivity contribution in [2.24, 2.45) is 0 Å². The molecule has 108 valence electrons. The highest BCUT2D eigenvalue weighted by Gasteiger charge is 2.18. The molecular weight excluding hydrogens is 340 g/mol. The molecule has 0 fully saturated rings. The van der Waals surface area contributed by atoms with Crippen molar-refractivity contribution in [1.82, 2.24) is 5.32 Å². The van der Waals surface area contributed by atoms with E-state index in [0.717, 1.165) is 18.7 Å². The minimum absolute atomic E-state index is 0.273. The van der Waals surface area contributed by atoms with Crippen LogP contribution in [0.4, 0.5) is 0 Å². The van der Waals surface area contributed by atoms with Gasteiger partial charge in [0.15, 0.2) is 0 Å². The van der Waals surface area contributed by atoms with Gasteiger partial charge in [-0.15, -0.1) is 0 Å². The van der Waals surface area contributed by atoms with E-state index in [1.165, 1.54) is 0 Å². The van der Waals surface area contributed by atoms with Crippen molar-refractivity contribution in [3.63, 3.8) is 0 Å². The third kappa shape index (κ3) is 3.44. The summed E-state index contributed by atoms with van der Waals surface area (Å²) >= 11 is 24.3. The van der Waals surface area contributed by atoms with Crippen molar-refractivity contribution in [2.75, 3.05) is 6.54 Å². The summed E-state index contributed by atoms with van der Waals surface area (Å²) in [5, 5.41) is 4.56. The number of furan rings is 1. The number of rotatable bonds is 5. The van der Waals surface area contributed by atoms with Gasteiger partial charge < -0.3 is 9.73 Å². The average Bonchev–Trinajstić information content (AvgIpc) is 2.85. The molecule has 20 heavy (non-hydrogen) atoms. The van der Waals surface area contributed by atoms with Crippen LogP contribution < -0.4 is 5.32 Å². The fourth-order valence-corrected chi connectivity index (χ4v) is 2.89. The first kappa shape index (κ1) is 16.0. The molecule has 2 nitrogen and oxygen atoms in total. The Morgan fingerprint density at radius 1 is 1.05 bits per heavy atom. The molecule has 0 atom stereocenters. The van der Waals surface area contributed by atoms with Gasteiger partial charge in [-0.2, -0.15) is 0 Å². The molecule has 0 bridgehead atoms. The molecule has 2 rings (SSSR count). The molecule has 0 unspecified atom stereocenters. The lowest BCUT2D eigenvalue weighted by atomic mass is 10.1. The summed E-state index contributed by atoms with van der Waals surface area (Å²) in [5.41, 5.74) is 0.560. The zero-order valence-electron chi connectivity index (χ0n) is 10.8. The zero-order valence-corrected chi connectivity index (χ0v) is 13.8. The minimum Gasteiger partial charge on any atom is -0.460 e. The highest BCUT2D eigenvalue weighted by Crippen LogP contribution is 2.43. The molecule has 0 aliphatic carbocycles. The lowest BCUT2D eigenvalue weighted by Crippen LogP contribution is -2.12. The Balaban J connectivity index is 2.31. The maximum Gasteiger partial charge on any atom is 0.137 e. The normalized spacial score (nSPS) is 11.1. The lowest BCUT2D eigenvalue weighted by molar-refractivity contribution is 0.493. The van der Waals surface area contributed by atoms with Gasteiger partial charge in [-0.05, 0) is 31.2 Å². The van der Waals surface area contributed by atoms with E-state index in [4.69, 9.17) is 50.8 Å². The van der Waals surface area contributed by atoms with Gasteiger partial charge in [-0.3, -0.25) is 0 Å². The van der Waals surface area contributed by atoms with Crippen molar-refractivity contribution in [3.05, 3.63) is 44.0 Å². The highest BCUT2D eigenvalue weighted by molar-refractivity contribution is 6.51. The second-order valence-electron chi connectivity index (χ2n) is 4.29. The number of halogens is 4. The maximum absolute atomic E-state index is 6.20. The standard InChI is InChI=1S/C14H13Cl4NO/c1-2-5-19-7-8-3-4-11(20-8)12-9(15)6-10(16)13(17)14(12)18/h3-4,6,19H,2,5,7H2,1H3. The maximum atomic E-state index is 6.20. The van der Waals surface area contributed by atoms with Gasteiger partial charge >= 0.3 is 0 Å². The molecule has 1 heterocycles. The molecule has 1 N–H and O–H groups in total. The quantitative estimate of drug-likeness (QED) is 0.402. The Hall–Kier alpha value is -0.380. The van der Waals surface area contributed by atoms with E-state index in [0.29, 0.717) is 32.9 Å². The Labute approximate surface area is 138 Å². The molecule has 0 saturated carbocycles. The topological polar surface area (TPSA) is 25.2 Å². The van der Waals surface area contributed by atoms with Crippen LogP contribution in [0.25, 0.3) is 11.3 Å². The van der Waals surface area contributed by atoms with E-state index in [9.17, 15) is 0 Å². The molecule has 6 heteroatoms. The zero-order chi connectivity index (χ0) is 14.7. The van der Waals surface area contributed by atoms with Crippen LogP contribution in [0.15, 0.2) is 22.6 Å². The molecule has 0 aliphatic rings. The highest BCUT2D eigenvalue weighted by atomic mass is 35.5. The van der Waals surface area contributed by atoms with Crippen LogP contribution in [0.3, 0.4) is 0 Å². The summed E-state index contributed by atoms with van der Waals surface area (Å²) in [7, 11) is 0. The van der Waals surface area contributed by atoms with Crippen LogP contribution in [0.2, 0.25) is 20.1 Å². The van der Waals surface area contributed by atoms with Crippen LogP contribution in [0.5, 0.6) is 0 Å². The van der Waals surface area contributed by atoms with E-state index in [2.05, 4.69) is 12.2 Å². The minimum atomic E-state index is 0.273. The molecule has 0 aliphatic heterocycles. The second-order valence-corrected chi connectivity index (χ2v) is 5.86. The van der Waals surface area contributed by atoms with Crippen LogP contribution >= 0.6 is 46.4 Å². The van der Waals surface area contributed by atoms with E-state index in [1.54, 1.807) is 6.07 Å². The Morgan fingerprint density at radius 3 is 2.50 bits per heavy atom. The van der Waals surface area contributed by atoms with Crippen LogP contribution in [0.1, 0.15) is 19.1 Å². The van der Waals surface area contributed by atoms with Crippen molar-refractivity contribution in [3.8, 4) is 11.3 Å². The van der Waals surface area contributed by atoms with Crippen molar-refractivity contribution >= 4 is 46.4 Å². The summed E-state index contributed by atoms with van der Waals surface area (Å²) in [4.78, 5) is 0. The molecule has 0 amide bonds. The van der Waals surface area contributed by atoms with Crippen molar-refractivity contribution in [2.45, 2.75) is 19.9 Å². The van der Waals surface area contributed by atoms with Crippen molar-refractivity contribution in [1.29, 1.82) is 0 Å². The van der Waals surface area contributed by atoms with Gasteiger partial charge in [0.1, 0.15) is 11.5 Å².